The smallest absolute Gasteiger partial charge is 0.184 e. The molecule has 0 atom stereocenters. The molecule has 4 saturated carbocycles. The standard InChI is InChI=1S/C16H21NO2/c18-17-3-1-15(2-4-17)19-11-16-8-12-5-13(9-16)7-14(6-12)10-16/h1-4,12-14H,5-11H2. The van der Waals surface area contributed by atoms with Gasteiger partial charge in [0.1, 0.15) is 5.75 Å². The monoisotopic (exact) mass is 259 g/mol. The van der Waals surface area contributed by atoms with Gasteiger partial charge in [-0.15, -0.1) is 0 Å². The summed E-state index contributed by atoms with van der Waals surface area (Å²) < 4.78 is 6.80. The molecule has 0 aliphatic heterocycles. The highest BCUT2D eigenvalue weighted by atomic mass is 16.5. The predicted octanol–water partition coefficient (Wildman–Crippen LogP) is 2.92. The quantitative estimate of drug-likeness (QED) is 0.618. The second kappa shape index (κ2) is 4.12. The number of hydrogen-bond acceptors (Lipinski definition) is 2. The lowest BCUT2D eigenvalue weighted by molar-refractivity contribution is -0.605. The van der Waals surface area contributed by atoms with Crippen LogP contribution in [-0.2, 0) is 0 Å². The van der Waals surface area contributed by atoms with Crippen LogP contribution in [0.5, 0.6) is 5.75 Å². The molecule has 3 heteroatoms. The molecule has 0 amide bonds. The Morgan fingerprint density at radius 3 is 2.11 bits per heavy atom. The fraction of sp³-hybridized carbons (Fsp3) is 0.688. The normalized spacial score (nSPS) is 39.5. The molecule has 4 aliphatic carbocycles. The summed E-state index contributed by atoms with van der Waals surface area (Å²) in [4.78, 5) is 0. The molecular formula is C16H21NO2. The van der Waals surface area contributed by atoms with Crippen molar-refractivity contribution in [3.8, 4) is 5.75 Å². The minimum atomic E-state index is 0.442. The number of aromatic nitrogens is 1. The Morgan fingerprint density at radius 1 is 1.05 bits per heavy atom. The Bertz CT molecular complexity index is 433. The van der Waals surface area contributed by atoms with Crippen molar-refractivity contribution in [1.82, 2.24) is 0 Å². The molecule has 19 heavy (non-hydrogen) atoms. The van der Waals surface area contributed by atoms with E-state index in [1.165, 1.54) is 50.9 Å². The maximum atomic E-state index is 11.0. The van der Waals surface area contributed by atoms with Gasteiger partial charge in [0.25, 0.3) is 0 Å². The van der Waals surface area contributed by atoms with E-state index in [4.69, 9.17) is 4.74 Å². The van der Waals surface area contributed by atoms with Crippen LogP contribution in [0.15, 0.2) is 24.5 Å². The molecule has 1 aromatic rings. The van der Waals surface area contributed by atoms with Crippen molar-refractivity contribution < 1.29 is 9.47 Å². The Balaban J connectivity index is 1.46. The van der Waals surface area contributed by atoms with Crippen molar-refractivity contribution >= 4 is 0 Å². The number of hydrogen-bond donors (Lipinski definition) is 0. The summed E-state index contributed by atoms with van der Waals surface area (Å²) in [7, 11) is 0. The third-order valence-electron chi connectivity index (χ3n) is 5.48. The minimum absolute atomic E-state index is 0.442. The fourth-order valence-corrected chi connectivity index (χ4v) is 5.20. The van der Waals surface area contributed by atoms with Gasteiger partial charge in [0, 0.05) is 17.5 Å². The molecule has 0 saturated heterocycles. The van der Waals surface area contributed by atoms with Gasteiger partial charge in [-0.2, -0.15) is 4.73 Å². The first-order valence-electron chi connectivity index (χ1n) is 7.52. The van der Waals surface area contributed by atoms with Crippen molar-refractivity contribution in [1.29, 1.82) is 0 Å². The molecule has 1 heterocycles. The lowest BCUT2D eigenvalue weighted by atomic mass is 9.50. The van der Waals surface area contributed by atoms with Crippen molar-refractivity contribution in [2.45, 2.75) is 38.5 Å². The summed E-state index contributed by atoms with van der Waals surface area (Å²) in [5.41, 5.74) is 0.442. The topological polar surface area (TPSA) is 36.2 Å². The zero-order valence-corrected chi connectivity index (χ0v) is 11.3. The van der Waals surface area contributed by atoms with Crippen LogP contribution in [0.3, 0.4) is 0 Å². The van der Waals surface area contributed by atoms with Gasteiger partial charge >= 0.3 is 0 Å². The number of ether oxygens (including phenoxy) is 1. The second-order valence-corrected chi connectivity index (χ2v) is 7.10. The highest BCUT2D eigenvalue weighted by molar-refractivity contribution is 5.15. The van der Waals surface area contributed by atoms with Crippen LogP contribution in [-0.4, -0.2) is 6.61 Å². The second-order valence-electron chi connectivity index (χ2n) is 7.10. The molecule has 4 fully saturated rings. The molecule has 4 bridgehead atoms. The van der Waals surface area contributed by atoms with Gasteiger partial charge in [0.15, 0.2) is 12.4 Å². The zero-order chi connectivity index (χ0) is 12.9. The minimum Gasteiger partial charge on any atom is -0.619 e. The van der Waals surface area contributed by atoms with E-state index in [0.29, 0.717) is 5.41 Å². The first-order valence-corrected chi connectivity index (χ1v) is 7.52. The fourth-order valence-electron chi connectivity index (χ4n) is 5.20. The van der Waals surface area contributed by atoms with E-state index in [-0.39, 0.29) is 0 Å². The van der Waals surface area contributed by atoms with Crippen molar-refractivity contribution in [3.05, 3.63) is 29.7 Å². The van der Waals surface area contributed by atoms with Crippen LogP contribution in [0.25, 0.3) is 0 Å². The molecule has 3 nitrogen and oxygen atoms in total. The van der Waals surface area contributed by atoms with E-state index in [1.807, 2.05) is 0 Å². The maximum Gasteiger partial charge on any atom is 0.184 e. The van der Waals surface area contributed by atoms with Crippen LogP contribution in [0.1, 0.15) is 38.5 Å². The molecule has 0 N–H and O–H groups in total. The van der Waals surface area contributed by atoms with Gasteiger partial charge in [0.05, 0.1) is 6.61 Å². The zero-order valence-electron chi connectivity index (χ0n) is 11.3. The van der Waals surface area contributed by atoms with Gasteiger partial charge in [0.2, 0.25) is 0 Å². The van der Waals surface area contributed by atoms with Gasteiger partial charge in [-0.25, -0.2) is 0 Å². The molecule has 0 unspecified atom stereocenters. The average Bonchev–Trinajstić information content (AvgIpc) is 2.36. The molecule has 0 radical (unpaired) electrons. The SMILES string of the molecule is [O-][n+]1ccc(OCC23CC4CC(CC(C4)C2)C3)cc1. The summed E-state index contributed by atoms with van der Waals surface area (Å²) in [5, 5.41) is 11.0. The summed E-state index contributed by atoms with van der Waals surface area (Å²) in [6, 6.07) is 3.54. The van der Waals surface area contributed by atoms with E-state index in [2.05, 4.69) is 0 Å². The van der Waals surface area contributed by atoms with Crippen LogP contribution < -0.4 is 9.47 Å². The van der Waals surface area contributed by atoms with Crippen molar-refractivity contribution in [3.63, 3.8) is 0 Å². The highest BCUT2D eigenvalue weighted by Crippen LogP contribution is 2.59. The van der Waals surface area contributed by atoms with Crippen LogP contribution >= 0.6 is 0 Å². The first kappa shape index (κ1) is 11.6. The van der Waals surface area contributed by atoms with E-state index >= 15 is 0 Å². The summed E-state index contributed by atoms with van der Waals surface area (Å²) in [6.45, 7) is 0.847. The Hall–Kier alpha value is -1.25. The number of nitrogens with zero attached hydrogens (tertiary/aromatic N) is 1. The maximum absolute atomic E-state index is 11.0. The number of rotatable bonds is 3. The lowest BCUT2D eigenvalue weighted by Crippen LogP contribution is -2.48. The Morgan fingerprint density at radius 2 is 1.58 bits per heavy atom. The Kier molecular flexibility index (Phi) is 2.51. The van der Waals surface area contributed by atoms with E-state index < -0.39 is 0 Å². The third-order valence-corrected chi connectivity index (χ3v) is 5.48. The van der Waals surface area contributed by atoms with E-state index in [1.54, 1.807) is 12.1 Å². The summed E-state index contributed by atoms with van der Waals surface area (Å²) in [5.74, 6) is 3.74. The summed E-state index contributed by atoms with van der Waals surface area (Å²) >= 11 is 0. The predicted molar refractivity (Wildman–Crippen MR) is 71.5 cm³/mol. The average molecular weight is 259 g/mol. The molecular weight excluding hydrogens is 238 g/mol. The third kappa shape index (κ3) is 2.09. The van der Waals surface area contributed by atoms with Gasteiger partial charge in [-0.3, -0.25) is 0 Å². The van der Waals surface area contributed by atoms with E-state index in [0.717, 1.165) is 34.8 Å². The lowest BCUT2D eigenvalue weighted by Gasteiger charge is -2.56. The van der Waals surface area contributed by atoms with E-state index in [9.17, 15) is 5.21 Å². The largest absolute Gasteiger partial charge is 0.619 e. The molecule has 0 aromatic carbocycles. The Labute approximate surface area is 114 Å². The van der Waals surface area contributed by atoms with Crippen molar-refractivity contribution in [2.75, 3.05) is 6.61 Å². The summed E-state index contributed by atoms with van der Waals surface area (Å²) in [6.07, 6.45) is 11.5. The first-order chi connectivity index (χ1) is 9.21. The van der Waals surface area contributed by atoms with Crippen LogP contribution in [0, 0.1) is 28.4 Å². The van der Waals surface area contributed by atoms with Crippen LogP contribution in [0.2, 0.25) is 0 Å². The van der Waals surface area contributed by atoms with Gasteiger partial charge in [-0.05, 0) is 56.3 Å². The van der Waals surface area contributed by atoms with Gasteiger partial charge in [-0.1, -0.05) is 0 Å². The molecule has 4 aliphatic rings. The molecule has 1 aromatic heterocycles. The highest BCUT2D eigenvalue weighted by Gasteiger charge is 2.51. The molecule has 102 valence electrons. The molecule has 0 spiro atoms. The number of pyridine rings is 1. The molecule has 5 rings (SSSR count). The van der Waals surface area contributed by atoms with Crippen molar-refractivity contribution in [2.24, 2.45) is 23.2 Å². The van der Waals surface area contributed by atoms with Crippen LogP contribution in [0.4, 0.5) is 0 Å². The van der Waals surface area contributed by atoms with Gasteiger partial charge < -0.3 is 9.94 Å².